The van der Waals surface area contributed by atoms with Crippen molar-refractivity contribution < 1.29 is 4.42 Å². The Labute approximate surface area is 323 Å². The van der Waals surface area contributed by atoms with Crippen LogP contribution in [0.5, 0.6) is 0 Å². The Morgan fingerprint density at radius 1 is 0.667 bits per heavy atom. The number of rotatable bonds is 7. The average molecular weight is 810 g/mol. The van der Waals surface area contributed by atoms with Crippen molar-refractivity contribution in [1.29, 1.82) is 0 Å². The number of aliphatic imine (C=N–C) groups is 1. The number of allylic oxidation sites excluding steroid dienone is 4. The first-order chi connectivity index (χ1) is 26.7. The summed E-state index contributed by atoms with van der Waals surface area (Å²) in [5.74, 6) is 0.870. The van der Waals surface area contributed by atoms with Crippen LogP contribution in [-0.4, -0.2) is 28.4 Å². The summed E-state index contributed by atoms with van der Waals surface area (Å²) in [6.07, 6.45) is 12.0. The van der Waals surface area contributed by atoms with Gasteiger partial charge in [-0.25, -0.2) is 4.99 Å². The summed E-state index contributed by atoms with van der Waals surface area (Å²) in [4.78, 5) is 5.39. The number of hydrogen-bond acceptors (Lipinski definition) is 4. The molecule has 7 aromatic rings. The topological polar surface area (TPSA) is 63.7 Å². The summed E-state index contributed by atoms with van der Waals surface area (Å²) >= 11 is -0.479. The SMILES string of the molecule is C1=CNCC(c2ccc(-c3cc(-c4ccc(C5=CC=[N+]=C5)cc4)cc4c3oc3cccc(C5=NC(c6ccccc6)=IC(c6ccccc6)N5)c34)cc2)=C1. The molecule has 10 rings (SSSR count). The van der Waals surface area contributed by atoms with Crippen LogP contribution >= 0.6 is 20.7 Å². The van der Waals surface area contributed by atoms with Crippen LogP contribution in [0.15, 0.2) is 173 Å². The van der Waals surface area contributed by atoms with Gasteiger partial charge in [-0.05, 0) is 69.4 Å². The van der Waals surface area contributed by atoms with E-state index in [0.29, 0.717) is 0 Å². The first-order valence-electron chi connectivity index (χ1n) is 18.1. The summed E-state index contributed by atoms with van der Waals surface area (Å²) in [5, 5.41) is 9.35. The molecular formula is C48H34IN4O+. The maximum Gasteiger partial charge on any atom is 0.300 e. The van der Waals surface area contributed by atoms with Gasteiger partial charge in [0.1, 0.15) is 24.7 Å². The number of halogens is 1. The van der Waals surface area contributed by atoms with E-state index < -0.39 is 20.7 Å². The van der Waals surface area contributed by atoms with E-state index in [9.17, 15) is 0 Å². The van der Waals surface area contributed by atoms with Gasteiger partial charge in [0, 0.05) is 40.1 Å². The molecule has 2 N–H and O–H groups in total. The van der Waals surface area contributed by atoms with Crippen molar-refractivity contribution in [1.82, 2.24) is 15.3 Å². The highest BCUT2D eigenvalue weighted by atomic mass is 127. The van der Waals surface area contributed by atoms with E-state index in [4.69, 9.17) is 9.41 Å². The molecule has 258 valence electrons. The molecule has 0 amide bonds. The highest BCUT2D eigenvalue weighted by molar-refractivity contribution is 14.2. The van der Waals surface area contributed by atoms with Crippen molar-refractivity contribution >= 4 is 75.7 Å². The molecular weight excluding hydrogens is 775 g/mol. The molecule has 6 heteroatoms. The van der Waals surface area contributed by atoms with Crippen LogP contribution in [0.2, 0.25) is 0 Å². The number of amidine groups is 1. The molecule has 0 saturated carbocycles. The van der Waals surface area contributed by atoms with Crippen molar-refractivity contribution in [2.24, 2.45) is 4.99 Å². The number of furan rings is 1. The second-order valence-electron chi connectivity index (χ2n) is 13.5. The van der Waals surface area contributed by atoms with Gasteiger partial charge in [0.2, 0.25) is 0 Å². The van der Waals surface area contributed by atoms with Crippen LogP contribution in [0.3, 0.4) is 0 Å². The highest BCUT2D eigenvalue weighted by Crippen LogP contribution is 2.42. The predicted octanol–water partition coefficient (Wildman–Crippen LogP) is 10.2. The van der Waals surface area contributed by atoms with Crippen molar-refractivity contribution in [3.8, 4) is 22.3 Å². The van der Waals surface area contributed by atoms with E-state index in [-0.39, 0.29) is 4.05 Å². The Morgan fingerprint density at radius 3 is 2.19 bits per heavy atom. The van der Waals surface area contributed by atoms with Crippen molar-refractivity contribution in [2.45, 2.75) is 4.05 Å². The number of hydrogen-bond donors (Lipinski definition) is 2. The number of nitrogens with one attached hydrogen (secondary N) is 2. The Balaban J connectivity index is 1.16. The van der Waals surface area contributed by atoms with Gasteiger partial charge in [0.25, 0.3) is 12.4 Å². The van der Waals surface area contributed by atoms with E-state index in [1.54, 1.807) is 0 Å². The lowest BCUT2D eigenvalue weighted by Gasteiger charge is -2.24. The molecule has 5 nitrogen and oxygen atoms in total. The molecule has 0 saturated heterocycles. The average Bonchev–Trinajstić information content (AvgIpc) is 3.94. The van der Waals surface area contributed by atoms with Crippen molar-refractivity contribution in [3.05, 3.63) is 192 Å². The third kappa shape index (κ3) is 6.05. The lowest BCUT2D eigenvalue weighted by molar-refractivity contribution is 0.670. The van der Waals surface area contributed by atoms with E-state index in [2.05, 4.69) is 167 Å². The summed E-state index contributed by atoms with van der Waals surface area (Å²) in [5.41, 5.74) is 14.3. The minimum absolute atomic E-state index is 0.173. The van der Waals surface area contributed by atoms with Gasteiger partial charge in [0.05, 0.1) is 5.57 Å². The summed E-state index contributed by atoms with van der Waals surface area (Å²) in [6.45, 7) is 0.813. The molecule has 0 spiro atoms. The van der Waals surface area contributed by atoms with Gasteiger partial charge in [-0.3, -0.25) is 0 Å². The van der Waals surface area contributed by atoms with Gasteiger partial charge in [-0.15, -0.1) is 4.67 Å². The fraction of sp³-hybridized carbons (Fsp3) is 0.0417. The molecule has 1 unspecified atom stereocenters. The second kappa shape index (κ2) is 13.9. The molecule has 3 aliphatic rings. The number of benzene rings is 6. The first-order valence-corrected chi connectivity index (χ1v) is 20.4. The Bertz CT molecular complexity index is 2800. The van der Waals surface area contributed by atoms with Crippen LogP contribution in [0.25, 0.3) is 55.3 Å². The van der Waals surface area contributed by atoms with Gasteiger partial charge in [0.15, 0.2) is 0 Å². The van der Waals surface area contributed by atoms with Crippen LogP contribution in [0.4, 0.5) is 0 Å². The van der Waals surface area contributed by atoms with Crippen LogP contribution in [0.1, 0.15) is 31.9 Å². The van der Waals surface area contributed by atoms with Crippen LogP contribution in [0, 0.1) is 0 Å². The molecule has 0 bridgehead atoms. The lowest BCUT2D eigenvalue weighted by Crippen LogP contribution is -2.30. The molecule has 3 aliphatic heterocycles. The molecule has 6 aromatic carbocycles. The fourth-order valence-electron chi connectivity index (χ4n) is 7.36. The monoisotopic (exact) mass is 809 g/mol. The molecule has 0 aliphatic carbocycles. The standard InChI is InChI=1S/C48H34IN4O/c1-3-9-35(10-4-1)46-49-47(36-11-5-2-6-12-36)53-48(52-46)40-14-7-15-43-44(40)42-28-39(33-18-16-32(17-19-33)38-24-26-51-30-38)27-41(45(42)54-43)34-22-20-31(21-23-34)37-13-8-25-50-29-37/h1-28,30,46,50H,29H2,(H,52,53)/q+1. The number of nitrogens with zero attached hydrogens (tertiary/aromatic N) is 2. The van der Waals surface area contributed by atoms with Crippen LogP contribution in [-0.2, 0) is 0 Å². The number of fused-ring (bicyclic) bond motifs is 3. The third-order valence-corrected chi connectivity index (χ3v) is 13.2. The molecule has 1 atom stereocenters. The molecule has 4 heterocycles. The van der Waals surface area contributed by atoms with E-state index >= 15 is 0 Å². The zero-order valence-electron chi connectivity index (χ0n) is 29.2. The number of dihydropyridines is 1. The minimum Gasteiger partial charge on any atom is -0.455 e. The van der Waals surface area contributed by atoms with Gasteiger partial charge < -0.3 is 15.1 Å². The quantitative estimate of drug-likeness (QED) is 0.0730. The van der Waals surface area contributed by atoms with E-state index in [0.717, 1.165) is 73.3 Å². The van der Waals surface area contributed by atoms with Gasteiger partial charge in [-0.1, -0.05) is 148 Å². The van der Waals surface area contributed by atoms with E-state index in [1.807, 2.05) is 24.7 Å². The van der Waals surface area contributed by atoms with Crippen molar-refractivity contribution in [3.63, 3.8) is 0 Å². The minimum atomic E-state index is -0.479. The second-order valence-corrected chi connectivity index (χ2v) is 16.4. The van der Waals surface area contributed by atoms with Gasteiger partial charge >= 0.3 is 0 Å². The normalized spacial score (nSPS) is 16.3. The lowest BCUT2D eigenvalue weighted by atomic mass is 9.93. The highest BCUT2D eigenvalue weighted by Gasteiger charge is 2.25. The number of alkyl halides is 1. The largest absolute Gasteiger partial charge is 0.455 e. The molecule has 0 radical (unpaired) electrons. The maximum atomic E-state index is 6.88. The third-order valence-electron chi connectivity index (χ3n) is 10.1. The first kappa shape index (κ1) is 32.3. The molecule has 54 heavy (non-hydrogen) atoms. The Hall–Kier alpha value is -6.34. The summed E-state index contributed by atoms with van der Waals surface area (Å²) in [7, 11) is 0. The zero-order chi connectivity index (χ0) is 35.8. The Morgan fingerprint density at radius 2 is 1.43 bits per heavy atom. The predicted molar refractivity (Wildman–Crippen MR) is 235 cm³/mol. The maximum absolute atomic E-state index is 6.88. The summed E-state index contributed by atoms with van der Waals surface area (Å²) < 4.78 is 12.5. The summed E-state index contributed by atoms with van der Waals surface area (Å²) in [6, 6.07) is 49.9. The van der Waals surface area contributed by atoms with E-state index in [1.165, 1.54) is 25.9 Å². The van der Waals surface area contributed by atoms with Gasteiger partial charge in [-0.2, -0.15) is 0 Å². The Kier molecular flexibility index (Phi) is 8.32. The van der Waals surface area contributed by atoms with Crippen LogP contribution < -0.4 is 15.3 Å². The zero-order valence-corrected chi connectivity index (χ0v) is 31.4. The smallest absolute Gasteiger partial charge is 0.300 e. The van der Waals surface area contributed by atoms with Crippen molar-refractivity contribution in [2.75, 3.05) is 6.54 Å². The molecule has 1 aromatic heterocycles. The fourth-order valence-corrected chi connectivity index (χ4v) is 10.3. The molecule has 0 fully saturated rings.